The Balaban J connectivity index is 2.71. The van der Waals surface area contributed by atoms with E-state index in [0.29, 0.717) is 5.56 Å². The zero-order valence-corrected chi connectivity index (χ0v) is 16.8. The number of benzene rings is 2. The molecule has 0 amide bonds. The quantitative estimate of drug-likeness (QED) is 0.504. The first-order chi connectivity index (χ1) is 12.7. The lowest BCUT2D eigenvalue weighted by Gasteiger charge is -2.26. The molecule has 27 heavy (non-hydrogen) atoms. The Morgan fingerprint density at radius 3 is 2.30 bits per heavy atom. The molecule has 8 nitrogen and oxygen atoms in total. The van der Waals surface area contributed by atoms with E-state index in [2.05, 4.69) is 0 Å². The van der Waals surface area contributed by atoms with Gasteiger partial charge in [-0.3, -0.25) is 14.4 Å². The number of halogens is 1. The molecular weight excluding hydrogens is 396 g/mol. The van der Waals surface area contributed by atoms with Crippen molar-refractivity contribution >= 4 is 33.0 Å². The second-order valence-corrected chi connectivity index (χ2v) is 7.77. The average Bonchev–Trinajstić information content (AvgIpc) is 2.62. The van der Waals surface area contributed by atoms with Crippen LogP contribution in [0, 0.1) is 17.0 Å². The molecule has 0 saturated heterocycles. The molecule has 0 aromatic heterocycles. The average molecular weight is 415 g/mol. The summed E-state index contributed by atoms with van der Waals surface area (Å²) >= 11 is 6.09. The minimum Gasteiger partial charge on any atom is -0.495 e. The Morgan fingerprint density at radius 1 is 1.15 bits per heavy atom. The van der Waals surface area contributed by atoms with Gasteiger partial charge >= 0.3 is 0 Å². The second kappa shape index (κ2) is 8.01. The van der Waals surface area contributed by atoms with Gasteiger partial charge in [-0.2, -0.15) is 0 Å². The first-order valence-electron chi connectivity index (χ1n) is 7.86. The highest BCUT2D eigenvalue weighted by Crippen LogP contribution is 2.40. The van der Waals surface area contributed by atoms with E-state index in [0.717, 1.165) is 10.4 Å². The maximum atomic E-state index is 13.3. The van der Waals surface area contributed by atoms with Crippen molar-refractivity contribution in [1.29, 1.82) is 0 Å². The normalized spacial score (nSPS) is 11.1. The largest absolute Gasteiger partial charge is 0.495 e. The lowest BCUT2D eigenvalue weighted by atomic mass is 10.2. The molecule has 0 aliphatic heterocycles. The molecule has 0 saturated carbocycles. The molecule has 0 aliphatic rings. The summed E-state index contributed by atoms with van der Waals surface area (Å²) in [5.41, 5.74) is 0.294. The Morgan fingerprint density at radius 2 is 1.78 bits per heavy atom. The molecule has 2 aromatic rings. The number of anilines is 1. The van der Waals surface area contributed by atoms with E-state index in [1.807, 2.05) is 0 Å². The summed E-state index contributed by atoms with van der Waals surface area (Å²) in [6.45, 7) is 3.28. The SMILES string of the molecule is CCN(c1cc(OC)c(Cl)cc1OC)S(=O)(=O)c1cc([N+](=O)[O-])ccc1C. The fourth-order valence-corrected chi connectivity index (χ4v) is 4.56. The molecule has 2 aromatic carbocycles. The van der Waals surface area contributed by atoms with Gasteiger partial charge in [-0.1, -0.05) is 17.7 Å². The van der Waals surface area contributed by atoms with Crippen molar-refractivity contribution in [3.8, 4) is 11.5 Å². The monoisotopic (exact) mass is 414 g/mol. The minimum atomic E-state index is -4.11. The number of hydrogen-bond acceptors (Lipinski definition) is 6. The maximum Gasteiger partial charge on any atom is 0.270 e. The van der Waals surface area contributed by atoms with Crippen LogP contribution in [0.2, 0.25) is 5.02 Å². The van der Waals surface area contributed by atoms with Crippen LogP contribution in [0.1, 0.15) is 12.5 Å². The van der Waals surface area contributed by atoms with Crippen molar-refractivity contribution in [3.05, 3.63) is 51.0 Å². The second-order valence-electron chi connectivity index (χ2n) is 5.54. The lowest BCUT2D eigenvalue weighted by molar-refractivity contribution is -0.385. The van der Waals surface area contributed by atoms with Gasteiger partial charge in [0.05, 0.1) is 34.7 Å². The Hall–Kier alpha value is -2.52. The summed E-state index contributed by atoms with van der Waals surface area (Å²) in [5.74, 6) is 0.506. The van der Waals surface area contributed by atoms with Crippen molar-refractivity contribution < 1.29 is 22.8 Å². The highest BCUT2D eigenvalue weighted by Gasteiger charge is 2.30. The van der Waals surface area contributed by atoms with Crippen LogP contribution >= 0.6 is 11.6 Å². The van der Waals surface area contributed by atoms with Crippen LogP contribution in [0.5, 0.6) is 11.5 Å². The highest BCUT2D eigenvalue weighted by atomic mass is 35.5. The fourth-order valence-electron chi connectivity index (χ4n) is 2.61. The number of nitro benzene ring substituents is 1. The zero-order valence-electron chi connectivity index (χ0n) is 15.2. The molecule has 0 spiro atoms. The van der Waals surface area contributed by atoms with Gasteiger partial charge in [0.1, 0.15) is 11.5 Å². The number of methoxy groups -OCH3 is 2. The third kappa shape index (κ3) is 3.93. The third-order valence-electron chi connectivity index (χ3n) is 3.96. The van der Waals surface area contributed by atoms with E-state index in [-0.39, 0.29) is 39.3 Å². The van der Waals surface area contributed by atoms with Gasteiger partial charge in [0.25, 0.3) is 15.7 Å². The minimum absolute atomic E-state index is 0.0611. The Bertz CT molecular complexity index is 978. The van der Waals surface area contributed by atoms with Gasteiger partial charge in [-0.15, -0.1) is 0 Å². The summed E-state index contributed by atoms with van der Waals surface area (Å²) in [6, 6.07) is 6.62. The van der Waals surface area contributed by atoms with Crippen LogP contribution in [-0.2, 0) is 10.0 Å². The molecule has 0 unspecified atom stereocenters. The number of aryl methyl sites for hydroxylation is 1. The number of hydrogen-bond donors (Lipinski definition) is 0. The molecule has 0 aliphatic carbocycles. The van der Waals surface area contributed by atoms with Gasteiger partial charge in [-0.05, 0) is 19.4 Å². The van der Waals surface area contributed by atoms with E-state index in [1.165, 1.54) is 38.5 Å². The topological polar surface area (TPSA) is 99.0 Å². The molecule has 0 heterocycles. The molecule has 0 fully saturated rings. The highest BCUT2D eigenvalue weighted by molar-refractivity contribution is 7.92. The van der Waals surface area contributed by atoms with Crippen LogP contribution in [-0.4, -0.2) is 34.1 Å². The summed E-state index contributed by atoms with van der Waals surface area (Å²) in [5, 5.41) is 11.3. The van der Waals surface area contributed by atoms with Crippen molar-refractivity contribution in [2.24, 2.45) is 0 Å². The zero-order chi connectivity index (χ0) is 20.4. The van der Waals surface area contributed by atoms with Crippen LogP contribution in [0.25, 0.3) is 0 Å². The number of sulfonamides is 1. The predicted octanol–water partition coefficient (Wildman–Crippen LogP) is 3.79. The van der Waals surface area contributed by atoms with Gasteiger partial charge in [0, 0.05) is 30.8 Å². The molecule has 0 radical (unpaired) electrons. The number of nitro groups is 1. The van der Waals surface area contributed by atoms with Crippen molar-refractivity contribution in [2.75, 3.05) is 25.1 Å². The van der Waals surface area contributed by atoms with Crippen LogP contribution in [0.3, 0.4) is 0 Å². The molecule has 10 heteroatoms. The lowest BCUT2D eigenvalue weighted by Crippen LogP contribution is -2.31. The van der Waals surface area contributed by atoms with Gasteiger partial charge in [-0.25, -0.2) is 8.42 Å². The maximum absolute atomic E-state index is 13.3. The van der Waals surface area contributed by atoms with E-state index in [9.17, 15) is 18.5 Å². The molecular formula is C17H19ClN2O6S. The molecule has 0 atom stereocenters. The van der Waals surface area contributed by atoms with E-state index in [4.69, 9.17) is 21.1 Å². The summed E-state index contributed by atoms with van der Waals surface area (Å²) < 4.78 is 38.1. The van der Waals surface area contributed by atoms with Crippen LogP contribution in [0.4, 0.5) is 11.4 Å². The van der Waals surface area contributed by atoms with E-state index >= 15 is 0 Å². The third-order valence-corrected chi connectivity index (χ3v) is 6.29. The molecule has 0 N–H and O–H groups in total. The van der Waals surface area contributed by atoms with Crippen molar-refractivity contribution in [2.45, 2.75) is 18.7 Å². The van der Waals surface area contributed by atoms with Crippen molar-refractivity contribution in [3.63, 3.8) is 0 Å². The molecule has 0 bridgehead atoms. The van der Waals surface area contributed by atoms with Crippen LogP contribution < -0.4 is 13.8 Å². The van der Waals surface area contributed by atoms with Gasteiger partial charge in [0.15, 0.2) is 0 Å². The Kier molecular flexibility index (Phi) is 6.17. The number of rotatable bonds is 7. The van der Waals surface area contributed by atoms with E-state index < -0.39 is 14.9 Å². The van der Waals surface area contributed by atoms with Gasteiger partial charge in [0.2, 0.25) is 0 Å². The summed E-state index contributed by atoms with van der Waals surface area (Å²) in [6.07, 6.45) is 0. The number of nitrogens with zero attached hydrogens (tertiary/aromatic N) is 2. The summed E-state index contributed by atoms with van der Waals surface area (Å²) in [4.78, 5) is 10.3. The molecule has 146 valence electrons. The standard InChI is InChI=1S/C17H19ClN2O6S/c1-5-19(14-10-15(25-3)13(18)9-16(14)26-4)27(23,24)17-8-12(20(21)22)7-6-11(17)2/h6-10H,5H2,1-4H3. The van der Waals surface area contributed by atoms with Gasteiger partial charge < -0.3 is 9.47 Å². The molecule has 2 rings (SSSR count). The number of ether oxygens (including phenoxy) is 2. The fraction of sp³-hybridized carbons (Fsp3) is 0.294. The Labute approximate surface area is 162 Å². The first-order valence-corrected chi connectivity index (χ1v) is 9.68. The van der Waals surface area contributed by atoms with E-state index in [1.54, 1.807) is 13.8 Å². The smallest absolute Gasteiger partial charge is 0.270 e. The predicted molar refractivity (Wildman–Crippen MR) is 103 cm³/mol. The van der Waals surface area contributed by atoms with Crippen molar-refractivity contribution in [1.82, 2.24) is 0 Å². The first kappa shape index (κ1) is 20.8. The summed E-state index contributed by atoms with van der Waals surface area (Å²) in [7, 11) is -1.31. The van der Waals surface area contributed by atoms with Crippen LogP contribution in [0.15, 0.2) is 35.2 Å². The number of non-ortho nitro benzene ring substituents is 1.